The average Bonchev–Trinajstić information content (AvgIpc) is 3.29. The van der Waals surface area contributed by atoms with Gasteiger partial charge in [-0.15, -0.1) is 0 Å². The number of rotatable bonds is 6. The summed E-state index contributed by atoms with van der Waals surface area (Å²) in [6.45, 7) is 4.69. The van der Waals surface area contributed by atoms with E-state index in [0.717, 1.165) is 83.7 Å². The van der Waals surface area contributed by atoms with Gasteiger partial charge in [0, 0.05) is 51.9 Å². The van der Waals surface area contributed by atoms with Crippen LogP contribution in [-0.2, 0) is 36.7 Å². The minimum absolute atomic E-state index is 0.210. The summed E-state index contributed by atoms with van der Waals surface area (Å²) in [4.78, 5) is 41.2. The molecule has 210 valence electrons. The Morgan fingerprint density at radius 3 is 2.62 bits per heavy atom. The van der Waals surface area contributed by atoms with Crippen molar-refractivity contribution in [1.29, 1.82) is 0 Å². The van der Waals surface area contributed by atoms with Crippen molar-refractivity contribution in [1.82, 2.24) is 14.0 Å². The Morgan fingerprint density at radius 2 is 1.80 bits per heavy atom. The molecule has 0 radical (unpaired) electrons. The first-order valence-corrected chi connectivity index (χ1v) is 13.7. The number of hydrogen-bond acceptors (Lipinski definition) is 7. The van der Waals surface area contributed by atoms with Crippen LogP contribution in [0.4, 0.5) is 5.82 Å². The summed E-state index contributed by atoms with van der Waals surface area (Å²) in [6.07, 6.45) is 4.27. The molecule has 0 saturated carbocycles. The van der Waals surface area contributed by atoms with E-state index >= 15 is 0 Å². The van der Waals surface area contributed by atoms with Gasteiger partial charge in [0.15, 0.2) is 0 Å². The highest BCUT2D eigenvalue weighted by Gasteiger charge is 2.21. The Kier molecular flexibility index (Phi) is 8.21. The van der Waals surface area contributed by atoms with Gasteiger partial charge in [0.25, 0.3) is 5.56 Å². The molecule has 0 atom stereocenters. The van der Waals surface area contributed by atoms with Gasteiger partial charge >= 0.3 is 11.7 Å². The largest absolute Gasteiger partial charge is 0.488 e. The lowest BCUT2D eigenvalue weighted by molar-refractivity contribution is -0.139. The van der Waals surface area contributed by atoms with Crippen LogP contribution in [0, 0.1) is 0 Å². The number of benzene rings is 2. The maximum absolute atomic E-state index is 12.4. The number of fused-ring (bicyclic) bond motifs is 2. The normalized spacial score (nSPS) is 16.5. The van der Waals surface area contributed by atoms with Crippen molar-refractivity contribution in [3.05, 3.63) is 97.7 Å². The van der Waals surface area contributed by atoms with Crippen LogP contribution in [0.5, 0.6) is 5.75 Å². The number of carbonyl (C=O) groups is 1. The summed E-state index contributed by atoms with van der Waals surface area (Å²) in [7, 11) is 4.62. The molecule has 0 N–H and O–H groups in total. The molecular formula is C31H36N4O5. The maximum Gasteiger partial charge on any atom is 0.332 e. The van der Waals surface area contributed by atoms with Crippen LogP contribution >= 0.6 is 0 Å². The number of esters is 1. The fourth-order valence-electron chi connectivity index (χ4n) is 5.53. The predicted molar refractivity (Wildman–Crippen MR) is 155 cm³/mol. The predicted octanol–water partition coefficient (Wildman–Crippen LogP) is 2.73. The van der Waals surface area contributed by atoms with Gasteiger partial charge in [-0.2, -0.15) is 0 Å². The van der Waals surface area contributed by atoms with Gasteiger partial charge in [-0.1, -0.05) is 36.4 Å². The topological polar surface area (TPSA) is 86.0 Å². The molecule has 0 amide bonds. The van der Waals surface area contributed by atoms with Crippen molar-refractivity contribution in [3.8, 4) is 5.75 Å². The van der Waals surface area contributed by atoms with Crippen LogP contribution in [0.1, 0.15) is 35.1 Å². The summed E-state index contributed by atoms with van der Waals surface area (Å²) in [5.74, 6) is 1.21. The smallest absolute Gasteiger partial charge is 0.332 e. The lowest BCUT2D eigenvalue weighted by atomic mass is 9.92. The minimum Gasteiger partial charge on any atom is -0.488 e. The van der Waals surface area contributed by atoms with Crippen LogP contribution in [-0.4, -0.2) is 59.8 Å². The fourth-order valence-corrected chi connectivity index (χ4v) is 5.53. The molecule has 0 bridgehead atoms. The number of carbonyl (C=O) groups excluding carboxylic acids is 1. The highest BCUT2D eigenvalue weighted by molar-refractivity contribution is 5.85. The second kappa shape index (κ2) is 12.0. The van der Waals surface area contributed by atoms with Gasteiger partial charge in [0.1, 0.15) is 18.2 Å². The molecule has 3 aromatic rings. The molecule has 9 nitrogen and oxygen atoms in total. The number of anilines is 1. The number of nitrogens with zero attached hydrogens (tertiary/aromatic N) is 4. The molecule has 1 saturated heterocycles. The molecular weight excluding hydrogens is 508 g/mol. The number of ether oxygens (including phenoxy) is 2. The SMILES string of the molecule is COC(=O)Cc1ccc2c(c1)C(=CCCN1CCCN(c3cc(=O)n(C)c(=O)n3C)CC1)c1ccccc1CO2. The summed E-state index contributed by atoms with van der Waals surface area (Å²) in [5, 5.41) is 0. The molecule has 2 aliphatic heterocycles. The first kappa shape index (κ1) is 27.5. The minimum atomic E-state index is -0.307. The fraction of sp³-hybridized carbons (Fsp3) is 0.387. The van der Waals surface area contributed by atoms with Crippen LogP contribution in [0.2, 0.25) is 0 Å². The van der Waals surface area contributed by atoms with E-state index in [2.05, 4.69) is 28.0 Å². The lowest BCUT2D eigenvalue weighted by Crippen LogP contribution is -2.41. The Labute approximate surface area is 233 Å². The van der Waals surface area contributed by atoms with Gasteiger partial charge in [-0.25, -0.2) is 4.79 Å². The van der Waals surface area contributed by atoms with Crippen LogP contribution < -0.4 is 20.9 Å². The van der Waals surface area contributed by atoms with Crippen LogP contribution in [0.15, 0.2) is 64.2 Å². The summed E-state index contributed by atoms with van der Waals surface area (Å²) >= 11 is 0. The first-order chi connectivity index (χ1) is 19.4. The monoisotopic (exact) mass is 544 g/mol. The second-order valence-electron chi connectivity index (χ2n) is 10.4. The van der Waals surface area contributed by atoms with E-state index < -0.39 is 0 Å². The van der Waals surface area contributed by atoms with Crippen molar-refractivity contribution in [2.24, 2.45) is 14.1 Å². The highest BCUT2D eigenvalue weighted by Crippen LogP contribution is 2.37. The van der Waals surface area contributed by atoms with Crippen molar-refractivity contribution < 1.29 is 14.3 Å². The molecule has 1 aromatic heterocycles. The van der Waals surface area contributed by atoms with Crippen LogP contribution in [0.3, 0.4) is 0 Å². The molecule has 2 aromatic carbocycles. The Balaban J connectivity index is 1.34. The third-order valence-corrected chi connectivity index (χ3v) is 7.81. The zero-order chi connectivity index (χ0) is 28.2. The molecule has 0 spiro atoms. The number of aromatic nitrogens is 2. The molecule has 0 unspecified atom stereocenters. The molecule has 5 rings (SSSR count). The third kappa shape index (κ3) is 5.74. The van der Waals surface area contributed by atoms with E-state index in [1.807, 2.05) is 30.3 Å². The Bertz CT molecular complexity index is 1550. The van der Waals surface area contributed by atoms with E-state index in [4.69, 9.17) is 9.47 Å². The van der Waals surface area contributed by atoms with E-state index in [0.29, 0.717) is 12.4 Å². The standard InChI is InChI=1S/C31H36N4O5/c1-32-28(20-29(36)33(2)31(32)38)35-15-7-14-34(16-17-35)13-6-10-25-24-9-5-4-8-23(24)21-40-27-12-11-22(18-26(25)27)19-30(37)39-3/h4-5,8-12,18,20H,6-7,13-17,19,21H2,1-3H3. The average molecular weight is 545 g/mol. The highest BCUT2D eigenvalue weighted by atomic mass is 16.5. The van der Waals surface area contributed by atoms with E-state index in [1.165, 1.54) is 14.2 Å². The zero-order valence-electron chi connectivity index (χ0n) is 23.4. The van der Waals surface area contributed by atoms with Gasteiger partial charge in [0.05, 0.1) is 13.5 Å². The molecule has 40 heavy (non-hydrogen) atoms. The summed E-state index contributed by atoms with van der Waals surface area (Å²) in [6, 6.07) is 15.8. The van der Waals surface area contributed by atoms with Crippen molar-refractivity contribution in [3.63, 3.8) is 0 Å². The van der Waals surface area contributed by atoms with E-state index in [1.54, 1.807) is 17.7 Å². The molecule has 9 heteroatoms. The van der Waals surface area contributed by atoms with Gasteiger partial charge in [-0.3, -0.25) is 18.7 Å². The molecule has 3 heterocycles. The van der Waals surface area contributed by atoms with Crippen molar-refractivity contribution in [2.45, 2.75) is 25.9 Å². The van der Waals surface area contributed by atoms with E-state index in [9.17, 15) is 14.4 Å². The first-order valence-electron chi connectivity index (χ1n) is 13.7. The number of methoxy groups -OCH3 is 1. The van der Waals surface area contributed by atoms with Gasteiger partial charge < -0.3 is 19.3 Å². The molecule has 0 aliphatic carbocycles. The summed E-state index contributed by atoms with van der Waals surface area (Å²) < 4.78 is 13.7. The van der Waals surface area contributed by atoms with E-state index in [-0.39, 0.29) is 23.6 Å². The Morgan fingerprint density at radius 1 is 0.975 bits per heavy atom. The lowest BCUT2D eigenvalue weighted by Gasteiger charge is -2.25. The van der Waals surface area contributed by atoms with Crippen molar-refractivity contribution >= 4 is 17.4 Å². The van der Waals surface area contributed by atoms with Gasteiger partial charge in [-0.05, 0) is 53.8 Å². The summed E-state index contributed by atoms with van der Waals surface area (Å²) in [5.41, 5.74) is 4.67. The quantitative estimate of drug-likeness (QED) is 0.441. The zero-order valence-corrected chi connectivity index (χ0v) is 23.4. The second-order valence-corrected chi connectivity index (χ2v) is 10.4. The third-order valence-electron chi connectivity index (χ3n) is 7.81. The van der Waals surface area contributed by atoms with Crippen LogP contribution in [0.25, 0.3) is 5.57 Å². The molecule has 2 aliphatic rings. The molecule has 1 fully saturated rings. The Hall–Kier alpha value is -4.11. The maximum atomic E-state index is 12.4. The van der Waals surface area contributed by atoms with Gasteiger partial charge in [0.2, 0.25) is 0 Å². The van der Waals surface area contributed by atoms with Crippen molar-refractivity contribution in [2.75, 3.05) is 44.7 Å². The number of hydrogen-bond donors (Lipinski definition) is 0.